The number of rotatable bonds is 8. The topological polar surface area (TPSA) is 74.8 Å². The molecule has 0 heterocycles. The van der Waals surface area contributed by atoms with Crippen LogP contribution in [-0.4, -0.2) is 38.4 Å². The summed E-state index contributed by atoms with van der Waals surface area (Å²) in [6.07, 6.45) is -4.05. The summed E-state index contributed by atoms with van der Waals surface area (Å²) >= 11 is 0. The molecule has 6 nitrogen and oxygen atoms in total. The monoisotopic (exact) mass is 408 g/mol. The van der Waals surface area contributed by atoms with Gasteiger partial charge in [-0.05, 0) is 18.1 Å². The number of amides is 1. The Labute approximate surface area is 167 Å². The largest absolute Gasteiger partial charge is 0.573 e. The first-order valence-electron chi connectivity index (χ1n) is 8.96. The number of aliphatic imine (C=N–C) groups is 1. The first-order chi connectivity index (χ1) is 13.9. The van der Waals surface area contributed by atoms with Gasteiger partial charge in [0.15, 0.2) is 5.96 Å². The van der Waals surface area contributed by atoms with E-state index in [2.05, 4.69) is 25.7 Å². The minimum Gasteiger partial charge on any atom is -0.405 e. The van der Waals surface area contributed by atoms with E-state index in [-0.39, 0.29) is 30.7 Å². The SMILES string of the molecule is CN=C(NCC(=O)NCCc1ccccc1)NCc1ccccc1OC(F)(F)F. The van der Waals surface area contributed by atoms with Gasteiger partial charge in [-0.2, -0.15) is 0 Å². The zero-order valence-corrected chi connectivity index (χ0v) is 15.9. The van der Waals surface area contributed by atoms with Crippen LogP contribution in [-0.2, 0) is 17.8 Å². The van der Waals surface area contributed by atoms with Gasteiger partial charge in [0.1, 0.15) is 5.75 Å². The molecule has 0 saturated heterocycles. The van der Waals surface area contributed by atoms with Gasteiger partial charge in [0, 0.05) is 25.7 Å². The smallest absolute Gasteiger partial charge is 0.405 e. The van der Waals surface area contributed by atoms with Crippen LogP contribution >= 0.6 is 0 Å². The summed E-state index contributed by atoms with van der Waals surface area (Å²) in [4.78, 5) is 15.9. The normalized spacial score (nSPS) is 11.7. The molecule has 2 rings (SSSR count). The molecule has 0 atom stereocenters. The highest BCUT2D eigenvalue weighted by Gasteiger charge is 2.31. The van der Waals surface area contributed by atoms with Gasteiger partial charge in [-0.3, -0.25) is 9.79 Å². The van der Waals surface area contributed by atoms with Crippen molar-refractivity contribution >= 4 is 11.9 Å². The fraction of sp³-hybridized carbons (Fsp3) is 0.300. The van der Waals surface area contributed by atoms with E-state index in [1.807, 2.05) is 30.3 Å². The Kier molecular flexibility index (Phi) is 8.32. The number of guanidine groups is 1. The molecule has 0 aromatic heterocycles. The van der Waals surface area contributed by atoms with Crippen molar-refractivity contribution in [2.75, 3.05) is 20.1 Å². The number of nitrogens with one attached hydrogen (secondary N) is 3. The number of benzene rings is 2. The van der Waals surface area contributed by atoms with E-state index in [1.165, 1.54) is 25.2 Å². The number of alkyl halides is 3. The van der Waals surface area contributed by atoms with Gasteiger partial charge in [-0.1, -0.05) is 48.5 Å². The maximum absolute atomic E-state index is 12.5. The van der Waals surface area contributed by atoms with Gasteiger partial charge in [0.2, 0.25) is 5.91 Å². The van der Waals surface area contributed by atoms with Crippen molar-refractivity contribution in [3.05, 3.63) is 65.7 Å². The summed E-state index contributed by atoms with van der Waals surface area (Å²) in [6.45, 7) is 0.523. The number of halogens is 3. The van der Waals surface area contributed by atoms with Gasteiger partial charge in [-0.15, -0.1) is 13.2 Å². The van der Waals surface area contributed by atoms with Crippen LogP contribution in [0.5, 0.6) is 5.75 Å². The van der Waals surface area contributed by atoms with Crippen molar-refractivity contribution in [2.45, 2.75) is 19.3 Å². The predicted octanol–water partition coefficient (Wildman–Crippen LogP) is 2.61. The molecule has 0 aliphatic rings. The van der Waals surface area contributed by atoms with Crippen LogP contribution in [0.15, 0.2) is 59.6 Å². The maximum Gasteiger partial charge on any atom is 0.573 e. The summed E-state index contributed by atoms with van der Waals surface area (Å²) in [7, 11) is 1.50. The molecule has 0 fully saturated rings. The average molecular weight is 408 g/mol. The fourth-order valence-electron chi connectivity index (χ4n) is 2.49. The zero-order valence-electron chi connectivity index (χ0n) is 15.9. The minimum absolute atomic E-state index is 0.0187. The van der Waals surface area contributed by atoms with Gasteiger partial charge in [-0.25, -0.2) is 0 Å². The summed E-state index contributed by atoms with van der Waals surface area (Å²) in [5, 5.41) is 8.47. The third-order valence-corrected chi connectivity index (χ3v) is 3.86. The third kappa shape index (κ3) is 8.54. The number of hydrogen-bond donors (Lipinski definition) is 3. The number of ether oxygens (including phenoxy) is 1. The number of carbonyl (C=O) groups excluding carboxylic acids is 1. The molecule has 9 heteroatoms. The van der Waals surface area contributed by atoms with Gasteiger partial charge >= 0.3 is 6.36 Å². The van der Waals surface area contributed by atoms with Crippen molar-refractivity contribution in [3.8, 4) is 5.75 Å². The van der Waals surface area contributed by atoms with Gasteiger partial charge in [0.05, 0.1) is 6.54 Å². The lowest BCUT2D eigenvalue weighted by atomic mass is 10.1. The lowest BCUT2D eigenvalue weighted by Crippen LogP contribution is -2.43. The van der Waals surface area contributed by atoms with E-state index < -0.39 is 6.36 Å². The number of carbonyl (C=O) groups is 1. The molecule has 0 radical (unpaired) electrons. The van der Waals surface area contributed by atoms with E-state index >= 15 is 0 Å². The number of hydrogen-bond acceptors (Lipinski definition) is 3. The molecule has 29 heavy (non-hydrogen) atoms. The second-order valence-electron chi connectivity index (χ2n) is 6.02. The molecule has 1 amide bonds. The Hall–Kier alpha value is -3.23. The molecule has 0 aliphatic heterocycles. The fourth-order valence-corrected chi connectivity index (χ4v) is 2.49. The highest BCUT2D eigenvalue weighted by molar-refractivity contribution is 5.86. The zero-order chi connectivity index (χ0) is 21.1. The Bertz CT molecular complexity index is 811. The maximum atomic E-state index is 12.5. The molecule has 2 aromatic carbocycles. The van der Waals surface area contributed by atoms with Crippen LogP contribution in [0.1, 0.15) is 11.1 Å². The summed E-state index contributed by atoms with van der Waals surface area (Å²) in [5.74, 6) is -0.226. The number of para-hydroxylation sites is 1. The Morgan fingerprint density at radius 1 is 1.00 bits per heavy atom. The van der Waals surface area contributed by atoms with E-state index in [0.717, 1.165) is 12.0 Å². The van der Waals surface area contributed by atoms with Crippen LogP contribution in [0.3, 0.4) is 0 Å². The van der Waals surface area contributed by atoms with Gasteiger partial charge < -0.3 is 20.7 Å². The highest BCUT2D eigenvalue weighted by Crippen LogP contribution is 2.25. The standard InChI is InChI=1S/C20H23F3N4O2/c1-24-19(26-13-16-9-5-6-10-17(16)29-20(21,22)23)27-14-18(28)25-12-11-15-7-3-2-4-8-15/h2-10H,11-14H2,1H3,(H,25,28)(H2,24,26,27). The van der Waals surface area contributed by atoms with Crippen molar-refractivity contribution in [3.63, 3.8) is 0 Å². The molecular formula is C20H23F3N4O2. The molecule has 0 spiro atoms. The highest BCUT2D eigenvalue weighted by atomic mass is 19.4. The van der Waals surface area contributed by atoms with Crippen molar-refractivity contribution in [1.29, 1.82) is 0 Å². The van der Waals surface area contributed by atoms with E-state index in [0.29, 0.717) is 12.1 Å². The molecular weight excluding hydrogens is 385 g/mol. The van der Waals surface area contributed by atoms with Crippen molar-refractivity contribution in [1.82, 2.24) is 16.0 Å². The van der Waals surface area contributed by atoms with Crippen LogP contribution in [0.2, 0.25) is 0 Å². The Morgan fingerprint density at radius 3 is 2.38 bits per heavy atom. The molecule has 0 bridgehead atoms. The predicted molar refractivity (Wildman–Crippen MR) is 104 cm³/mol. The molecule has 0 saturated carbocycles. The molecule has 3 N–H and O–H groups in total. The van der Waals surface area contributed by atoms with E-state index in [9.17, 15) is 18.0 Å². The lowest BCUT2D eigenvalue weighted by Gasteiger charge is -2.15. The third-order valence-electron chi connectivity index (χ3n) is 3.86. The molecule has 156 valence electrons. The minimum atomic E-state index is -4.77. The van der Waals surface area contributed by atoms with E-state index in [1.54, 1.807) is 6.07 Å². The molecule has 0 aliphatic carbocycles. The Morgan fingerprint density at radius 2 is 1.69 bits per heavy atom. The second kappa shape index (κ2) is 10.9. The summed E-state index contributed by atoms with van der Waals surface area (Å²) in [6, 6.07) is 15.6. The first-order valence-corrected chi connectivity index (χ1v) is 8.96. The first kappa shape index (κ1) is 22.1. The second-order valence-corrected chi connectivity index (χ2v) is 6.02. The van der Waals surface area contributed by atoms with Crippen LogP contribution in [0.25, 0.3) is 0 Å². The van der Waals surface area contributed by atoms with Crippen LogP contribution in [0, 0.1) is 0 Å². The molecule has 0 unspecified atom stereocenters. The van der Waals surface area contributed by atoms with Crippen LogP contribution < -0.4 is 20.7 Å². The average Bonchev–Trinajstić information content (AvgIpc) is 2.69. The quantitative estimate of drug-likeness (QED) is 0.464. The summed E-state index contributed by atoms with van der Waals surface area (Å²) in [5.41, 5.74) is 1.43. The lowest BCUT2D eigenvalue weighted by molar-refractivity contribution is -0.274. The van der Waals surface area contributed by atoms with Gasteiger partial charge in [0.25, 0.3) is 0 Å². The van der Waals surface area contributed by atoms with Crippen molar-refractivity contribution in [2.24, 2.45) is 4.99 Å². The van der Waals surface area contributed by atoms with Crippen molar-refractivity contribution < 1.29 is 22.7 Å². The van der Waals surface area contributed by atoms with Crippen LogP contribution in [0.4, 0.5) is 13.2 Å². The number of nitrogens with zero attached hydrogens (tertiary/aromatic N) is 1. The molecule has 2 aromatic rings. The Balaban J connectivity index is 1.76. The summed E-state index contributed by atoms with van der Waals surface area (Å²) < 4.78 is 41.5. The van der Waals surface area contributed by atoms with E-state index in [4.69, 9.17) is 0 Å².